The number of thiazole rings is 1. The summed E-state index contributed by atoms with van der Waals surface area (Å²) >= 11 is 4.75. The topological polar surface area (TPSA) is 69.9 Å². The number of hydrogen-bond acceptors (Lipinski definition) is 6. The molecule has 190 valence electrons. The highest BCUT2D eigenvalue weighted by atomic mass is 79.9. The molecule has 1 aliphatic heterocycles. The third kappa shape index (κ3) is 5.48. The molecule has 2 heterocycles. The van der Waals surface area contributed by atoms with E-state index >= 15 is 0 Å². The van der Waals surface area contributed by atoms with E-state index in [1.54, 1.807) is 30.6 Å². The predicted octanol–water partition coefficient (Wildman–Crippen LogP) is 4.70. The van der Waals surface area contributed by atoms with Crippen LogP contribution in [0.4, 0.5) is 0 Å². The summed E-state index contributed by atoms with van der Waals surface area (Å²) in [5.74, 6) is 2.91. The second-order valence-corrected chi connectivity index (χ2v) is 10.7. The smallest absolute Gasteiger partial charge is 0.338 e. The van der Waals surface area contributed by atoms with Crippen LogP contribution in [0.2, 0.25) is 0 Å². The lowest BCUT2D eigenvalue weighted by molar-refractivity contribution is -0.139. The van der Waals surface area contributed by atoms with Crippen molar-refractivity contribution >= 4 is 39.3 Å². The maximum Gasteiger partial charge on any atom is 0.338 e. The van der Waals surface area contributed by atoms with Gasteiger partial charge in [-0.1, -0.05) is 71.3 Å². The minimum Gasteiger partial charge on any atom is -0.480 e. The lowest BCUT2D eigenvalue weighted by atomic mass is 9.93. The van der Waals surface area contributed by atoms with Crippen molar-refractivity contribution in [2.24, 2.45) is 4.99 Å². The van der Waals surface area contributed by atoms with Crippen molar-refractivity contribution in [1.29, 1.82) is 0 Å². The van der Waals surface area contributed by atoms with Crippen LogP contribution in [-0.4, -0.2) is 23.8 Å². The SMILES string of the molecule is C#CCOc1ccc(Br)cc1/C=c1\sc2n(c1=O)[C@@H](c1ccc(C(C)C)cc1)C(C(=O)OCC)=C(C)N=2. The average Bonchev–Trinajstić information content (AvgIpc) is 3.17. The fraction of sp³-hybridized carbons (Fsp3) is 0.276. The van der Waals surface area contributed by atoms with Gasteiger partial charge in [0, 0.05) is 10.0 Å². The lowest BCUT2D eigenvalue weighted by Gasteiger charge is -2.25. The van der Waals surface area contributed by atoms with Gasteiger partial charge in [0.1, 0.15) is 12.4 Å². The molecule has 0 N–H and O–H groups in total. The Morgan fingerprint density at radius 1 is 1.27 bits per heavy atom. The minimum atomic E-state index is -0.654. The van der Waals surface area contributed by atoms with E-state index in [1.807, 2.05) is 36.4 Å². The number of halogens is 1. The molecular weight excluding hydrogens is 552 g/mol. The molecule has 0 unspecified atom stereocenters. The molecular formula is C29H27BrN2O4S. The van der Waals surface area contributed by atoms with E-state index in [2.05, 4.69) is 40.7 Å². The molecule has 0 radical (unpaired) electrons. The Kier molecular flexibility index (Phi) is 8.16. The lowest BCUT2D eigenvalue weighted by Crippen LogP contribution is -2.39. The maximum absolute atomic E-state index is 13.8. The molecule has 37 heavy (non-hydrogen) atoms. The molecule has 1 atom stereocenters. The van der Waals surface area contributed by atoms with Gasteiger partial charge in [0.15, 0.2) is 4.80 Å². The van der Waals surface area contributed by atoms with E-state index in [4.69, 9.17) is 15.9 Å². The van der Waals surface area contributed by atoms with E-state index in [9.17, 15) is 9.59 Å². The molecule has 1 aromatic heterocycles. The summed E-state index contributed by atoms with van der Waals surface area (Å²) < 4.78 is 13.9. The second kappa shape index (κ2) is 11.3. The summed E-state index contributed by atoms with van der Waals surface area (Å²) in [5.41, 5.74) is 3.33. The van der Waals surface area contributed by atoms with E-state index in [1.165, 1.54) is 16.9 Å². The van der Waals surface area contributed by atoms with Crippen LogP contribution in [0.3, 0.4) is 0 Å². The quantitative estimate of drug-likeness (QED) is 0.301. The van der Waals surface area contributed by atoms with E-state index in [0.29, 0.717) is 37.8 Å². The van der Waals surface area contributed by atoms with Gasteiger partial charge in [-0.05, 0) is 55.2 Å². The number of carbonyl (C=O) groups excluding carboxylic acids is 1. The standard InChI is InChI=1S/C29H27BrN2O4S/c1-6-14-36-23-13-12-22(30)15-21(23)16-24-27(33)32-26(20-10-8-19(9-11-20)17(3)4)25(28(34)35-7-2)18(5)31-29(32)37-24/h1,8-13,15-17,26H,7,14H2,2-5H3/b24-16-/t26-/m0/s1. The fourth-order valence-corrected chi connectivity index (χ4v) is 5.61. The van der Waals surface area contributed by atoms with Gasteiger partial charge in [-0.3, -0.25) is 9.36 Å². The van der Waals surface area contributed by atoms with Gasteiger partial charge >= 0.3 is 5.97 Å². The molecule has 2 aromatic carbocycles. The number of allylic oxidation sites excluding steroid dienone is 1. The van der Waals surface area contributed by atoms with E-state index in [0.717, 1.165) is 10.0 Å². The van der Waals surface area contributed by atoms with Gasteiger partial charge in [0.2, 0.25) is 0 Å². The molecule has 0 spiro atoms. The number of ether oxygens (including phenoxy) is 2. The first-order valence-electron chi connectivity index (χ1n) is 11.9. The maximum atomic E-state index is 13.8. The number of rotatable bonds is 7. The zero-order chi connectivity index (χ0) is 26.7. The Hall–Kier alpha value is -3.41. The summed E-state index contributed by atoms with van der Waals surface area (Å²) in [6.45, 7) is 8.11. The van der Waals surface area contributed by atoms with E-state index < -0.39 is 12.0 Å². The van der Waals surface area contributed by atoms with Gasteiger partial charge in [-0.2, -0.15) is 0 Å². The molecule has 0 saturated carbocycles. The second-order valence-electron chi connectivity index (χ2n) is 8.80. The average molecular weight is 580 g/mol. The Bertz CT molecular complexity index is 1590. The summed E-state index contributed by atoms with van der Waals surface area (Å²) in [7, 11) is 0. The Labute approximate surface area is 228 Å². The molecule has 1 aliphatic rings. The van der Waals surface area contributed by atoms with Crippen LogP contribution in [0.1, 0.15) is 56.3 Å². The highest BCUT2D eigenvalue weighted by Gasteiger charge is 2.33. The Morgan fingerprint density at radius 2 is 2.00 bits per heavy atom. The molecule has 0 amide bonds. The zero-order valence-electron chi connectivity index (χ0n) is 21.1. The molecule has 0 bridgehead atoms. The van der Waals surface area contributed by atoms with Crippen molar-refractivity contribution in [2.45, 2.75) is 39.7 Å². The summed E-state index contributed by atoms with van der Waals surface area (Å²) in [6, 6.07) is 12.9. The molecule has 0 saturated heterocycles. The summed E-state index contributed by atoms with van der Waals surface area (Å²) in [5, 5.41) is 0. The largest absolute Gasteiger partial charge is 0.480 e. The van der Waals surface area contributed by atoms with Crippen LogP contribution in [0.15, 0.2) is 68.0 Å². The molecule has 8 heteroatoms. The number of benzene rings is 2. The number of nitrogens with zero attached hydrogens (tertiary/aromatic N) is 2. The molecule has 6 nitrogen and oxygen atoms in total. The molecule has 0 fully saturated rings. The van der Waals surface area contributed by atoms with Crippen molar-refractivity contribution in [3.8, 4) is 18.1 Å². The number of aromatic nitrogens is 1. The van der Waals surface area contributed by atoms with Gasteiger partial charge < -0.3 is 9.47 Å². The Balaban J connectivity index is 1.93. The van der Waals surface area contributed by atoms with Crippen molar-refractivity contribution < 1.29 is 14.3 Å². The van der Waals surface area contributed by atoms with Crippen molar-refractivity contribution in [3.63, 3.8) is 0 Å². The number of hydrogen-bond donors (Lipinski definition) is 0. The third-order valence-corrected chi connectivity index (χ3v) is 7.48. The van der Waals surface area contributed by atoms with Crippen LogP contribution in [0.5, 0.6) is 5.75 Å². The minimum absolute atomic E-state index is 0.109. The molecule has 0 aliphatic carbocycles. The monoisotopic (exact) mass is 578 g/mol. The van der Waals surface area contributed by atoms with Crippen LogP contribution in [0.25, 0.3) is 6.08 Å². The number of terminal acetylenes is 1. The molecule has 3 aromatic rings. The van der Waals surface area contributed by atoms with Crippen molar-refractivity contribution in [2.75, 3.05) is 13.2 Å². The summed E-state index contributed by atoms with van der Waals surface area (Å²) in [6.07, 6.45) is 7.13. The van der Waals surface area contributed by atoms with Crippen LogP contribution >= 0.6 is 27.3 Å². The Morgan fingerprint density at radius 3 is 2.65 bits per heavy atom. The number of fused-ring (bicyclic) bond motifs is 1. The summed E-state index contributed by atoms with van der Waals surface area (Å²) in [4.78, 5) is 32.1. The fourth-order valence-electron chi connectivity index (χ4n) is 4.19. The van der Waals surface area contributed by atoms with Gasteiger partial charge in [-0.25, -0.2) is 9.79 Å². The first kappa shape index (κ1) is 26.6. The third-order valence-electron chi connectivity index (χ3n) is 6.01. The van der Waals surface area contributed by atoms with Gasteiger partial charge in [0.25, 0.3) is 5.56 Å². The van der Waals surface area contributed by atoms with Crippen LogP contribution < -0.4 is 19.6 Å². The van der Waals surface area contributed by atoms with Crippen molar-refractivity contribution in [1.82, 2.24) is 4.57 Å². The van der Waals surface area contributed by atoms with E-state index in [-0.39, 0.29) is 18.8 Å². The van der Waals surface area contributed by atoms with Crippen molar-refractivity contribution in [3.05, 3.63) is 94.6 Å². The highest BCUT2D eigenvalue weighted by Crippen LogP contribution is 2.31. The first-order valence-corrected chi connectivity index (χ1v) is 13.5. The zero-order valence-corrected chi connectivity index (χ0v) is 23.5. The van der Waals surface area contributed by atoms with Crippen LogP contribution in [0, 0.1) is 12.3 Å². The predicted molar refractivity (Wildman–Crippen MR) is 149 cm³/mol. The normalized spacial score (nSPS) is 15.3. The highest BCUT2D eigenvalue weighted by molar-refractivity contribution is 9.10. The number of carbonyl (C=O) groups is 1. The number of esters is 1. The first-order chi connectivity index (χ1) is 17.7. The van der Waals surface area contributed by atoms with Crippen LogP contribution in [-0.2, 0) is 9.53 Å². The van der Waals surface area contributed by atoms with Gasteiger partial charge in [-0.15, -0.1) is 6.42 Å². The van der Waals surface area contributed by atoms with Gasteiger partial charge in [0.05, 0.1) is 28.5 Å². The molecule has 4 rings (SSSR count).